The first-order chi connectivity index (χ1) is 10.9. The quantitative estimate of drug-likeness (QED) is 0.691. The van der Waals surface area contributed by atoms with E-state index in [0.717, 1.165) is 18.8 Å². The zero-order valence-corrected chi connectivity index (χ0v) is 14.9. The third-order valence-electron chi connectivity index (χ3n) is 3.49. The summed E-state index contributed by atoms with van der Waals surface area (Å²) in [5, 5.41) is 9.02. The van der Waals surface area contributed by atoms with Crippen LogP contribution < -0.4 is 4.74 Å². The summed E-state index contributed by atoms with van der Waals surface area (Å²) in [4.78, 5) is 0. The number of phenols is 1. The summed E-state index contributed by atoms with van der Waals surface area (Å²) in [6.07, 6.45) is 3.66. The smallest absolute Gasteiger partial charge is 0.119 e. The molecule has 0 fully saturated rings. The summed E-state index contributed by atoms with van der Waals surface area (Å²) in [6, 6.07) is 17.3. The molecule has 0 heterocycles. The zero-order valence-electron chi connectivity index (χ0n) is 14.9. The van der Waals surface area contributed by atoms with Crippen LogP contribution >= 0.6 is 0 Å². The Balaban J connectivity index is 0.000000231. The number of hydrogen-bond donors (Lipinski definition) is 1. The molecular formula is C21H30O2. The van der Waals surface area contributed by atoms with E-state index in [2.05, 4.69) is 27.7 Å². The number of rotatable bonds is 5. The largest absolute Gasteiger partial charge is 0.508 e. The molecule has 126 valence electrons. The number of aromatic hydroxyl groups is 1. The Morgan fingerprint density at radius 1 is 0.870 bits per heavy atom. The van der Waals surface area contributed by atoms with E-state index in [9.17, 15) is 0 Å². The van der Waals surface area contributed by atoms with Crippen molar-refractivity contribution in [3.63, 3.8) is 0 Å². The van der Waals surface area contributed by atoms with Gasteiger partial charge in [0.15, 0.2) is 0 Å². The lowest BCUT2D eigenvalue weighted by molar-refractivity contribution is 0.306. The molecule has 0 aliphatic carbocycles. The van der Waals surface area contributed by atoms with Gasteiger partial charge in [-0.2, -0.15) is 0 Å². The molecule has 2 aromatic rings. The van der Waals surface area contributed by atoms with Crippen LogP contribution in [0.5, 0.6) is 11.5 Å². The van der Waals surface area contributed by atoms with Gasteiger partial charge < -0.3 is 9.84 Å². The second kappa shape index (κ2) is 9.94. The molecule has 0 amide bonds. The Bertz CT molecular complexity index is 524. The Hall–Kier alpha value is -1.96. The van der Waals surface area contributed by atoms with Gasteiger partial charge >= 0.3 is 0 Å². The van der Waals surface area contributed by atoms with E-state index in [-0.39, 0.29) is 5.41 Å². The second-order valence-electron chi connectivity index (χ2n) is 6.67. The maximum atomic E-state index is 9.02. The lowest BCUT2D eigenvalue weighted by Gasteiger charge is -2.18. The first-order valence-electron chi connectivity index (χ1n) is 8.41. The van der Waals surface area contributed by atoms with Gasteiger partial charge in [-0.15, -0.1) is 0 Å². The van der Waals surface area contributed by atoms with Crippen molar-refractivity contribution in [1.82, 2.24) is 0 Å². The van der Waals surface area contributed by atoms with Crippen LogP contribution in [0.15, 0.2) is 54.6 Å². The van der Waals surface area contributed by atoms with Gasteiger partial charge in [0.2, 0.25) is 0 Å². The van der Waals surface area contributed by atoms with Crippen molar-refractivity contribution in [3.8, 4) is 11.5 Å². The number of phenolic OH excluding ortho intramolecular Hbond substituents is 1. The molecule has 2 heteroatoms. The maximum absolute atomic E-state index is 9.02. The van der Waals surface area contributed by atoms with Crippen LogP contribution in [0.2, 0.25) is 0 Å². The SMILES string of the molecule is CC(C)(C)c1ccc(O)cc1.CCCCCOc1ccccc1. The normalized spacial score (nSPS) is 10.6. The van der Waals surface area contributed by atoms with Crippen LogP contribution in [-0.2, 0) is 5.41 Å². The fourth-order valence-electron chi connectivity index (χ4n) is 2.02. The molecule has 0 atom stereocenters. The van der Waals surface area contributed by atoms with Crippen LogP contribution in [-0.4, -0.2) is 11.7 Å². The third kappa shape index (κ3) is 8.29. The molecule has 0 aliphatic heterocycles. The molecule has 23 heavy (non-hydrogen) atoms. The number of para-hydroxylation sites is 1. The molecule has 0 aliphatic rings. The first-order valence-corrected chi connectivity index (χ1v) is 8.41. The van der Waals surface area contributed by atoms with Gasteiger partial charge in [0.25, 0.3) is 0 Å². The molecule has 0 saturated carbocycles. The van der Waals surface area contributed by atoms with Gasteiger partial charge in [-0.05, 0) is 41.7 Å². The predicted molar refractivity (Wildman–Crippen MR) is 98.3 cm³/mol. The summed E-state index contributed by atoms with van der Waals surface area (Å²) in [5.74, 6) is 1.31. The molecule has 2 nitrogen and oxygen atoms in total. The molecule has 2 rings (SSSR count). The van der Waals surface area contributed by atoms with Crippen LogP contribution in [0.3, 0.4) is 0 Å². The Labute approximate surface area is 141 Å². The van der Waals surface area contributed by atoms with Gasteiger partial charge in [0.05, 0.1) is 6.61 Å². The lowest BCUT2D eigenvalue weighted by Crippen LogP contribution is -2.10. The van der Waals surface area contributed by atoms with E-state index in [1.165, 1.54) is 18.4 Å². The highest BCUT2D eigenvalue weighted by atomic mass is 16.5. The topological polar surface area (TPSA) is 29.5 Å². The summed E-state index contributed by atoms with van der Waals surface area (Å²) in [6.45, 7) is 9.50. The highest BCUT2D eigenvalue weighted by Crippen LogP contribution is 2.23. The van der Waals surface area contributed by atoms with Crippen molar-refractivity contribution < 1.29 is 9.84 Å². The van der Waals surface area contributed by atoms with Crippen molar-refractivity contribution in [1.29, 1.82) is 0 Å². The average molecular weight is 314 g/mol. The van der Waals surface area contributed by atoms with E-state index < -0.39 is 0 Å². The highest BCUT2D eigenvalue weighted by molar-refractivity contribution is 5.29. The average Bonchev–Trinajstić information content (AvgIpc) is 2.53. The molecule has 0 aromatic heterocycles. The molecule has 0 spiro atoms. The fraction of sp³-hybridized carbons (Fsp3) is 0.429. The third-order valence-corrected chi connectivity index (χ3v) is 3.49. The van der Waals surface area contributed by atoms with E-state index in [1.54, 1.807) is 12.1 Å². The van der Waals surface area contributed by atoms with Crippen LogP contribution in [0.1, 0.15) is 52.5 Å². The van der Waals surface area contributed by atoms with Crippen molar-refractivity contribution in [2.75, 3.05) is 6.61 Å². The standard InChI is InChI=1S/C11H16O.C10H14O/c1-2-3-7-10-12-11-8-5-4-6-9-11;1-10(2,3)8-4-6-9(11)7-5-8/h4-6,8-9H,2-3,7,10H2,1H3;4-7,11H,1-3H3. The van der Waals surface area contributed by atoms with Gasteiger partial charge in [-0.25, -0.2) is 0 Å². The fourth-order valence-corrected chi connectivity index (χ4v) is 2.02. The molecule has 0 bridgehead atoms. The summed E-state index contributed by atoms with van der Waals surface area (Å²) in [5.41, 5.74) is 1.42. The molecular weight excluding hydrogens is 284 g/mol. The summed E-state index contributed by atoms with van der Waals surface area (Å²) in [7, 11) is 0. The van der Waals surface area contributed by atoms with E-state index in [4.69, 9.17) is 9.84 Å². The van der Waals surface area contributed by atoms with Gasteiger partial charge in [-0.1, -0.05) is 70.9 Å². The van der Waals surface area contributed by atoms with Gasteiger partial charge in [-0.3, -0.25) is 0 Å². The Kier molecular flexibility index (Phi) is 8.25. The monoisotopic (exact) mass is 314 g/mol. The summed E-state index contributed by atoms with van der Waals surface area (Å²) < 4.78 is 5.51. The number of unbranched alkanes of at least 4 members (excludes halogenated alkanes) is 2. The van der Waals surface area contributed by atoms with Crippen LogP contribution in [0.25, 0.3) is 0 Å². The zero-order chi connectivity index (χ0) is 17.1. The minimum Gasteiger partial charge on any atom is -0.508 e. The highest BCUT2D eigenvalue weighted by Gasteiger charge is 2.12. The lowest BCUT2D eigenvalue weighted by atomic mass is 9.87. The predicted octanol–water partition coefficient (Wildman–Crippen LogP) is 5.95. The number of benzene rings is 2. The second-order valence-corrected chi connectivity index (χ2v) is 6.67. The minimum atomic E-state index is 0.174. The van der Waals surface area contributed by atoms with E-state index in [1.807, 2.05) is 42.5 Å². The van der Waals surface area contributed by atoms with Crippen LogP contribution in [0, 0.1) is 0 Å². The molecule has 0 saturated heterocycles. The molecule has 1 N–H and O–H groups in total. The van der Waals surface area contributed by atoms with E-state index >= 15 is 0 Å². The van der Waals surface area contributed by atoms with Crippen LogP contribution in [0.4, 0.5) is 0 Å². The Morgan fingerprint density at radius 3 is 2.00 bits per heavy atom. The first kappa shape index (κ1) is 19.1. The van der Waals surface area contributed by atoms with Crippen molar-refractivity contribution in [3.05, 3.63) is 60.2 Å². The van der Waals surface area contributed by atoms with Gasteiger partial charge in [0, 0.05) is 0 Å². The van der Waals surface area contributed by atoms with Crippen molar-refractivity contribution in [2.45, 2.75) is 52.4 Å². The molecule has 0 unspecified atom stereocenters. The number of ether oxygens (including phenoxy) is 1. The minimum absolute atomic E-state index is 0.174. The van der Waals surface area contributed by atoms with Gasteiger partial charge in [0.1, 0.15) is 11.5 Å². The molecule has 0 radical (unpaired) electrons. The maximum Gasteiger partial charge on any atom is 0.119 e. The Morgan fingerprint density at radius 2 is 1.48 bits per heavy atom. The van der Waals surface area contributed by atoms with Crippen molar-refractivity contribution in [2.24, 2.45) is 0 Å². The number of hydrogen-bond acceptors (Lipinski definition) is 2. The van der Waals surface area contributed by atoms with E-state index in [0.29, 0.717) is 5.75 Å². The molecule has 2 aromatic carbocycles. The van der Waals surface area contributed by atoms with Crippen molar-refractivity contribution >= 4 is 0 Å². The summed E-state index contributed by atoms with van der Waals surface area (Å²) >= 11 is 0.